The number of hydrogen-bond donors (Lipinski definition) is 3. The van der Waals surface area contributed by atoms with Crippen LogP contribution in [0.4, 0.5) is 11.6 Å². The number of H-pyrrole nitrogens is 1. The van der Waals surface area contributed by atoms with E-state index in [1.54, 1.807) is 6.20 Å². The highest BCUT2D eigenvalue weighted by molar-refractivity contribution is 7.98. The van der Waals surface area contributed by atoms with Gasteiger partial charge in [0.1, 0.15) is 11.6 Å². The number of nitrogen functional groups attached to an aromatic ring is 1. The van der Waals surface area contributed by atoms with Crippen LogP contribution in [0.2, 0.25) is 0 Å². The fourth-order valence-corrected chi connectivity index (χ4v) is 2.32. The van der Waals surface area contributed by atoms with Crippen LogP contribution in [0.5, 0.6) is 0 Å². The van der Waals surface area contributed by atoms with Gasteiger partial charge in [0.25, 0.3) is 5.56 Å². The number of nitrogens with two attached hydrogens (primary N) is 1. The Labute approximate surface area is 108 Å². The summed E-state index contributed by atoms with van der Waals surface area (Å²) < 4.78 is 0. The van der Waals surface area contributed by atoms with E-state index in [9.17, 15) is 4.79 Å². The molecule has 0 fully saturated rings. The van der Waals surface area contributed by atoms with Gasteiger partial charge in [0.2, 0.25) is 0 Å². The molecule has 2 aromatic heterocycles. The molecule has 0 saturated carbocycles. The molecule has 0 aliphatic carbocycles. The third-order valence-electron chi connectivity index (χ3n) is 2.23. The first-order chi connectivity index (χ1) is 8.69. The zero-order chi connectivity index (χ0) is 13.0. The van der Waals surface area contributed by atoms with Crippen molar-refractivity contribution in [2.45, 2.75) is 10.9 Å². The molecule has 0 aliphatic rings. The first-order valence-corrected chi connectivity index (χ1v) is 6.29. The van der Waals surface area contributed by atoms with Gasteiger partial charge < -0.3 is 16.0 Å². The van der Waals surface area contributed by atoms with Gasteiger partial charge in [-0.05, 0) is 6.07 Å². The van der Waals surface area contributed by atoms with Crippen LogP contribution in [0, 0.1) is 0 Å². The fraction of sp³-hybridized carbons (Fsp3) is 0.182. The van der Waals surface area contributed by atoms with E-state index in [0.717, 1.165) is 11.4 Å². The molecule has 2 heterocycles. The van der Waals surface area contributed by atoms with Crippen LogP contribution in [0.3, 0.4) is 0 Å². The van der Waals surface area contributed by atoms with Crippen molar-refractivity contribution in [2.24, 2.45) is 0 Å². The van der Waals surface area contributed by atoms with Gasteiger partial charge >= 0.3 is 0 Å². The largest absolute Gasteiger partial charge is 0.383 e. The molecule has 0 radical (unpaired) electrons. The van der Waals surface area contributed by atoms with Crippen LogP contribution in [0.15, 0.2) is 34.3 Å². The van der Waals surface area contributed by atoms with Crippen molar-refractivity contribution in [2.75, 3.05) is 18.1 Å². The van der Waals surface area contributed by atoms with Crippen LogP contribution in [0.1, 0.15) is 5.56 Å². The summed E-state index contributed by atoms with van der Waals surface area (Å²) in [5, 5.41) is 3.52. The predicted octanol–water partition coefficient (Wildman–Crippen LogP) is 1.08. The number of hydrogen-bond acceptors (Lipinski definition) is 6. The summed E-state index contributed by atoms with van der Waals surface area (Å²) in [4.78, 5) is 22.1. The number of nitrogens with zero attached hydrogens (tertiary/aromatic N) is 2. The molecule has 94 valence electrons. The summed E-state index contributed by atoms with van der Waals surface area (Å²) >= 11 is 1.40. The molecule has 0 saturated heterocycles. The highest BCUT2D eigenvalue weighted by atomic mass is 32.2. The summed E-state index contributed by atoms with van der Waals surface area (Å²) in [5.41, 5.74) is 6.31. The summed E-state index contributed by atoms with van der Waals surface area (Å²) in [7, 11) is 1.82. The van der Waals surface area contributed by atoms with E-state index < -0.39 is 0 Å². The lowest BCUT2D eigenvalue weighted by Crippen LogP contribution is -2.09. The number of nitrogens with one attached hydrogen (secondary N) is 2. The van der Waals surface area contributed by atoms with Gasteiger partial charge in [0.05, 0.1) is 0 Å². The van der Waals surface area contributed by atoms with E-state index in [1.165, 1.54) is 17.8 Å². The third-order valence-corrected chi connectivity index (χ3v) is 3.15. The lowest BCUT2D eigenvalue weighted by Gasteiger charge is -2.06. The maximum Gasteiger partial charge on any atom is 0.253 e. The summed E-state index contributed by atoms with van der Waals surface area (Å²) in [6, 6.07) is 5.09. The Morgan fingerprint density at radius 2 is 2.39 bits per heavy atom. The fourth-order valence-electron chi connectivity index (χ4n) is 1.45. The van der Waals surface area contributed by atoms with E-state index in [0.29, 0.717) is 10.9 Å². The normalized spacial score (nSPS) is 10.3. The van der Waals surface area contributed by atoms with Gasteiger partial charge in [-0.2, -0.15) is 0 Å². The van der Waals surface area contributed by atoms with Gasteiger partial charge in [-0.1, -0.05) is 17.8 Å². The van der Waals surface area contributed by atoms with Gasteiger partial charge in [-0.15, -0.1) is 0 Å². The average Bonchev–Trinajstić information content (AvgIpc) is 2.35. The van der Waals surface area contributed by atoms with Crippen molar-refractivity contribution >= 4 is 23.4 Å². The Bertz CT molecular complexity index is 598. The number of aromatic amines is 1. The monoisotopic (exact) mass is 263 g/mol. The number of pyridine rings is 1. The zero-order valence-corrected chi connectivity index (χ0v) is 10.6. The second kappa shape index (κ2) is 5.54. The highest BCUT2D eigenvalue weighted by Crippen LogP contribution is 2.22. The maximum absolute atomic E-state index is 11.2. The van der Waals surface area contributed by atoms with Crippen LogP contribution < -0.4 is 16.6 Å². The molecule has 0 aliphatic heterocycles. The SMILES string of the molecule is CNc1ncccc1CSc1nc(N)cc(=O)[nH]1. The first-order valence-electron chi connectivity index (χ1n) is 5.30. The van der Waals surface area contributed by atoms with Crippen LogP contribution >= 0.6 is 11.8 Å². The second-order valence-electron chi connectivity index (χ2n) is 3.53. The van der Waals surface area contributed by atoms with E-state index in [1.807, 2.05) is 19.2 Å². The minimum Gasteiger partial charge on any atom is -0.383 e. The van der Waals surface area contributed by atoms with E-state index in [2.05, 4.69) is 20.3 Å². The third kappa shape index (κ3) is 3.01. The van der Waals surface area contributed by atoms with Crippen LogP contribution in [-0.2, 0) is 5.75 Å². The van der Waals surface area contributed by atoms with Crippen molar-refractivity contribution in [1.29, 1.82) is 0 Å². The molecule has 2 aromatic rings. The predicted molar refractivity (Wildman–Crippen MR) is 72.6 cm³/mol. The maximum atomic E-state index is 11.2. The standard InChI is InChI=1S/C11H13N5OS/c1-13-10-7(3-2-4-14-10)6-18-11-15-8(12)5-9(17)16-11/h2-5H,6H2,1H3,(H,13,14)(H3,12,15,16,17). The minimum absolute atomic E-state index is 0.223. The van der Waals surface area contributed by atoms with Crippen molar-refractivity contribution in [3.05, 3.63) is 40.3 Å². The molecule has 4 N–H and O–H groups in total. The molecule has 6 nitrogen and oxygen atoms in total. The van der Waals surface area contributed by atoms with E-state index in [4.69, 9.17) is 5.73 Å². The molecule has 0 bridgehead atoms. The molecule has 0 spiro atoms. The molecule has 2 rings (SSSR count). The van der Waals surface area contributed by atoms with Gasteiger partial charge in [-0.25, -0.2) is 9.97 Å². The topological polar surface area (TPSA) is 96.7 Å². The first kappa shape index (κ1) is 12.4. The lowest BCUT2D eigenvalue weighted by atomic mass is 10.3. The number of thioether (sulfide) groups is 1. The lowest BCUT2D eigenvalue weighted by molar-refractivity contribution is 0.945. The smallest absolute Gasteiger partial charge is 0.253 e. The molecule has 0 aromatic carbocycles. The molecular formula is C11H13N5OS. The number of aromatic nitrogens is 3. The van der Waals surface area contributed by atoms with Crippen LogP contribution in [0.25, 0.3) is 0 Å². The molecule has 18 heavy (non-hydrogen) atoms. The molecule has 0 unspecified atom stereocenters. The van der Waals surface area contributed by atoms with Crippen molar-refractivity contribution < 1.29 is 0 Å². The van der Waals surface area contributed by atoms with E-state index in [-0.39, 0.29) is 11.4 Å². The Morgan fingerprint density at radius 3 is 3.11 bits per heavy atom. The Balaban J connectivity index is 2.13. The Hall–Kier alpha value is -2.02. The average molecular weight is 263 g/mol. The zero-order valence-electron chi connectivity index (χ0n) is 9.80. The minimum atomic E-state index is -0.245. The van der Waals surface area contributed by atoms with Crippen molar-refractivity contribution in [1.82, 2.24) is 15.0 Å². The molecular weight excluding hydrogens is 250 g/mol. The number of anilines is 2. The summed E-state index contributed by atoms with van der Waals surface area (Å²) in [6.45, 7) is 0. The Kier molecular flexibility index (Phi) is 3.83. The summed E-state index contributed by atoms with van der Waals surface area (Å²) in [6.07, 6.45) is 1.72. The summed E-state index contributed by atoms with van der Waals surface area (Å²) in [5.74, 6) is 1.69. The van der Waals surface area contributed by atoms with Crippen molar-refractivity contribution in [3.8, 4) is 0 Å². The Morgan fingerprint density at radius 1 is 1.56 bits per heavy atom. The van der Waals surface area contributed by atoms with Crippen molar-refractivity contribution in [3.63, 3.8) is 0 Å². The van der Waals surface area contributed by atoms with E-state index >= 15 is 0 Å². The highest BCUT2D eigenvalue weighted by Gasteiger charge is 2.04. The second-order valence-corrected chi connectivity index (χ2v) is 4.49. The van der Waals surface area contributed by atoms with Crippen LogP contribution in [-0.4, -0.2) is 22.0 Å². The molecule has 7 heteroatoms. The molecule has 0 atom stereocenters. The van der Waals surface area contributed by atoms with Gasteiger partial charge in [-0.3, -0.25) is 4.79 Å². The van der Waals surface area contributed by atoms with Gasteiger partial charge in [0.15, 0.2) is 5.16 Å². The molecule has 0 amide bonds. The number of rotatable bonds is 4. The quantitative estimate of drug-likeness (QED) is 0.564. The van der Waals surface area contributed by atoms with Gasteiger partial charge in [0, 0.05) is 30.6 Å².